The number of carbonyl (C=O) groups excluding carboxylic acids is 1. The summed E-state index contributed by atoms with van der Waals surface area (Å²) in [6, 6.07) is 3.36. The second-order valence-corrected chi connectivity index (χ2v) is 4.46. The normalized spacial score (nSPS) is 11.1. The van der Waals surface area contributed by atoms with Gasteiger partial charge < -0.3 is 5.32 Å². The van der Waals surface area contributed by atoms with E-state index in [0.29, 0.717) is 10.8 Å². The molecule has 14 heavy (non-hydrogen) atoms. The Balaban J connectivity index is 2.71. The fraction of sp³-hybridized carbons (Fsp3) is 0.400. The zero-order valence-corrected chi connectivity index (χ0v) is 9.22. The number of pyridine rings is 1. The molecule has 4 heteroatoms. The van der Waals surface area contributed by atoms with Gasteiger partial charge in [0, 0.05) is 5.41 Å². The average molecular weight is 213 g/mol. The molecule has 0 atom stereocenters. The van der Waals surface area contributed by atoms with Crippen molar-refractivity contribution in [2.45, 2.75) is 20.8 Å². The maximum atomic E-state index is 11.5. The molecule has 1 amide bonds. The van der Waals surface area contributed by atoms with Crippen LogP contribution >= 0.6 is 11.6 Å². The number of hydrogen-bond donors (Lipinski definition) is 1. The number of nitrogens with one attached hydrogen (secondary N) is 1. The molecule has 1 N–H and O–H groups in total. The van der Waals surface area contributed by atoms with E-state index in [1.165, 1.54) is 6.20 Å². The zero-order chi connectivity index (χ0) is 10.8. The number of nitrogens with zero attached hydrogens (tertiary/aromatic N) is 1. The van der Waals surface area contributed by atoms with Crippen molar-refractivity contribution in [3.63, 3.8) is 0 Å². The average Bonchev–Trinajstić information content (AvgIpc) is 2.07. The smallest absolute Gasteiger partial charge is 0.229 e. The van der Waals surface area contributed by atoms with Gasteiger partial charge in [-0.2, -0.15) is 0 Å². The quantitative estimate of drug-likeness (QED) is 0.728. The third-order valence-electron chi connectivity index (χ3n) is 1.67. The van der Waals surface area contributed by atoms with E-state index in [1.54, 1.807) is 12.1 Å². The van der Waals surface area contributed by atoms with Gasteiger partial charge in [0.15, 0.2) is 0 Å². The highest BCUT2D eigenvalue weighted by Crippen LogP contribution is 2.17. The Hall–Kier alpha value is -1.09. The highest BCUT2D eigenvalue weighted by molar-refractivity contribution is 6.29. The predicted molar refractivity (Wildman–Crippen MR) is 57.3 cm³/mol. The molecule has 76 valence electrons. The Morgan fingerprint density at radius 2 is 2.07 bits per heavy atom. The standard InChI is InChI=1S/C10H13ClN2O/c1-10(2,3)9(14)13-7-4-5-8(11)12-6-7/h4-6H,1-3H3,(H,13,14). The van der Waals surface area contributed by atoms with Crippen molar-refractivity contribution in [2.24, 2.45) is 5.41 Å². The molecular formula is C10H13ClN2O. The minimum Gasteiger partial charge on any atom is -0.324 e. The SMILES string of the molecule is CC(C)(C)C(=O)Nc1ccc(Cl)nc1. The predicted octanol–water partition coefficient (Wildman–Crippen LogP) is 2.72. The summed E-state index contributed by atoms with van der Waals surface area (Å²) < 4.78 is 0. The van der Waals surface area contributed by atoms with Crippen molar-refractivity contribution in [1.29, 1.82) is 0 Å². The third-order valence-corrected chi connectivity index (χ3v) is 1.89. The molecule has 0 aliphatic rings. The Bertz CT molecular complexity index is 327. The maximum absolute atomic E-state index is 11.5. The Morgan fingerprint density at radius 3 is 2.50 bits per heavy atom. The number of halogens is 1. The van der Waals surface area contributed by atoms with Crippen LogP contribution in [0.3, 0.4) is 0 Å². The van der Waals surface area contributed by atoms with Crippen LogP contribution in [0.15, 0.2) is 18.3 Å². The van der Waals surface area contributed by atoms with E-state index in [2.05, 4.69) is 10.3 Å². The van der Waals surface area contributed by atoms with Crippen molar-refractivity contribution in [3.8, 4) is 0 Å². The zero-order valence-electron chi connectivity index (χ0n) is 8.47. The number of rotatable bonds is 1. The minimum absolute atomic E-state index is 0.0402. The van der Waals surface area contributed by atoms with E-state index in [0.717, 1.165) is 0 Å². The Morgan fingerprint density at radius 1 is 1.43 bits per heavy atom. The minimum atomic E-state index is -0.403. The molecule has 0 saturated heterocycles. The van der Waals surface area contributed by atoms with E-state index >= 15 is 0 Å². The Kier molecular flexibility index (Phi) is 3.11. The van der Waals surface area contributed by atoms with Crippen LogP contribution < -0.4 is 5.32 Å². The molecule has 3 nitrogen and oxygen atoms in total. The van der Waals surface area contributed by atoms with Gasteiger partial charge in [-0.25, -0.2) is 4.98 Å². The van der Waals surface area contributed by atoms with Gasteiger partial charge in [-0.05, 0) is 12.1 Å². The van der Waals surface area contributed by atoms with Gasteiger partial charge in [-0.15, -0.1) is 0 Å². The van der Waals surface area contributed by atoms with Crippen LogP contribution in [0.2, 0.25) is 5.15 Å². The third kappa shape index (κ3) is 3.00. The fourth-order valence-corrected chi connectivity index (χ4v) is 0.880. The first kappa shape index (κ1) is 11.0. The number of amides is 1. The van der Waals surface area contributed by atoms with Gasteiger partial charge >= 0.3 is 0 Å². The van der Waals surface area contributed by atoms with Crippen molar-refractivity contribution in [2.75, 3.05) is 5.32 Å². The molecular weight excluding hydrogens is 200 g/mol. The van der Waals surface area contributed by atoms with Crippen LogP contribution in [0.25, 0.3) is 0 Å². The van der Waals surface area contributed by atoms with Crippen LogP contribution in [0, 0.1) is 5.41 Å². The highest BCUT2D eigenvalue weighted by Gasteiger charge is 2.20. The van der Waals surface area contributed by atoms with Crippen molar-refractivity contribution >= 4 is 23.2 Å². The lowest BCUT2D eigenvalue weighted by atomic mass is 9.96. The van der Waals surface area contributed by atoms with Gasteiger partial charge in [0.05, 0.1) is 11.9 Å². The molecule has 0 bridgehead atoms. The Labute approximate surface area is 88.5 Å². The summed E-state index contributed by atoms with van der Waals surface area (Å²) in [7, 11) is 0. The van der Waals surface area contributed by atoms with E-state index in [-0.39, 0.29) is 5.91 Å². The van der Waals surface area contributed by atoms with Crippen molar-refractivity contribution in [3.05, 3.63) is 23.5 Å². The number of carbonyl (C=O) groups is 1. The number of aromatic nitrogens is 1. The summed E-state index contributed by atoms with van der Waals surface area (Å²) >= 11 is 5.61. The van der Waals surface area contributed by atoms with Gasteiger partial charge in [-0.3, -0.25) is 4.79 Å². The van der Waals surface area contributed by atoms with Gasteiger partial charge in [0.2, 0.25) is 5.91 Å². The van der Waals surface area contributed by atoms with Crippen molar-refractivity contribution in [1.82, 2.24) is 4.98 Å². The summed E-state index contributed by atoms with van der Waals surface area (Å²) in [5.41, 5.74) is 0.258. The first-order valence-corrected chi connectivity index (χ1v) is 4.70. The molecule has 1 aromatic heterocycles. The van der Waals surface area contributed by atoms with E-state index in [1.807, 2.05) is 20.8 Å². The molecule has 0 aliphatic heterocycles. The fourth-order valence-electron chi connectivity index (χ4n) is 0.768. The number of anilines is 1. The van der Waals surface area contributed by atoms with Gasteiger partial charge in [0.25, 0.3) is 0 Å². The lowest BCUT2D eigenvalue weighted by Crippen LogP contribution is -2.27. The molecule has 0 saturated carbocycles. The van der Waals surface area contributed by atoms with Crippen molar-refractivity contribution < 1.29 is 4.79 Å². The summed E-state index contributed by atoms with van der Waals surface area (Å²) in [6.07, 6.45) is 1.53. The lowest BCUT2D eigenvalue weighted by Gasteiger charge is -2.17. The molecule has 0 unspecified atom stereocenters. The molecule has 0 aliphatic carbocycles. The molecule has 1 rings (SSSR count). The first-order chi connectivity index (χ1) is 6.39. The van der Waals surface area contributed by atoms with Crippen LogP contribution in [0.5, 0.6) is 0 Å². The van der Waals surface area contributed by atoms with Crippen LogP contribution in [0.4, 0.5) is 5.69 Å². The molecule has 0 fully saturated rings. The second-order valence-electron chi connectivity index (χ2n) is 4.07. The van der Waals surface area contributed by atoms with Gasteiger partial charge in [-0.1, -0.05) is 32.4 Å². The molecule has 0 radical (unpaired) electrons. The topological polar surface area (TPSA) is 42.0 Å². The maximum Gasteiger partial charge on any atom is 0.229 e. The lowest BCUT2D eigenvalue weighted by molar-refractivity contribution is -0.123. The number of hydrogen-bond acceptors (Lipinski definition) is 2. The van der Waals surface area contributed by atoms with E-state index < -0.39 is 5.41 Å². The summed E-state index contributed by atoms with van der Waals surface area (Å²) in [5.74, 6) is -0.0402. The van der Waals surface area contributed by atoms with E-state index in [9.17, 15) is 4.79 Å². The monoisotopic (exact) mass is 212 g/mol. The molecule has 0 aromatic carbocycles. The summed E-state index contributed by atoms with van der Waals surface area (Å²) in [4.78, 5) is 15.4. The summed E-state index contributed by atoms with van der Waals surface area (Å²) in [6.45, 7) is 5.56. The molecule has 1 aromatic rings. The van der Waals surface area contributed by atoms with E-state index in [4.69, 9.17) is 11.6 Å². The van der Waals surface area contributed by atoms with Gasteiger partial charge in [0.1, 0.15) is 5.15 Å². The molecule has 1 heterocycles. The van der Waals surface area contributed by atoms with Crippen LogP contribution in [-0.4, -0.2) is 10.9 Å². The molecule has 0 spiro atoms. The second kappa shape index (κ2) is 3.96. The highest BCUT2D eigenvalue weighted by atomic mass is 35.5. The first-order valence-electron chi connectivity index (χ1n) is 4.32. The van der Waals surface area contributed by atoms with Crippen LogP contribution in [0.1, 0.15) is 20.8 Å². The van der Waals surface area contributed by atoms with Crippen LogP contribution in [-0.2, 0) is 4.79 Å². The largest absolute Gasteiger partial charge is 0.324 e. The summed E-state index contributed by atoms with van der Waals surface area (Å²) in [5, 5.41) is 3.16.